The Morgan fingerprint density at radius 2 is 1.95 bits per heavy atom. The number of rotatable bonds is 9. The van der Waals surface area contributed by atoms with E-state index in [0.717, 1.165) is 38.3 Å². The molecule has 1 atom stereocenters. The minimum absolute atomic E-state index is 0.0454. The van der Waals surface area contributed by atoms with Crippen LogP contribution in [0.2, 0.25) is 10.0 Å². The van der Waals surface area contributed by atoms with Crippen LogP contribution in [-0.2, 0) is 0 Å². The van der Waals surface area contributed by atoms with Gasteiger partial charge in [0.1, 0.15) is 28.8 Å². The second-order valence-corrected chi connectivity index (χ2v) is 12.0. The SMILES string of the molecule is COc1ccnc(OC[C@@H]2CCCN2c2cc3c(cc2Cl)c(=O)c(C(=O)O)cn3-c2ccc(N3CC(N(C)C)C3)nc2)c1Cl. The topological polar surface area (TPSA) is 113 Å². The molecule has 2 saturated heterocycles. The standard InChI is InChI=1S/C31H32Cl2N6O5/c1-36(2)20-14-37(15-20)27-7-6-18(13-35-27)39-16-22(31(41)42)29(40)21-11-23(32)25(12-24(21)39)38-10-4-5-19(38)17-44-30-28(33)26(43-3)8-9-34-30/h6-9,11-13,16,19-20H,4-5,10,14-15,17H2,1-3H3,(H,41,42)/t19-/m0/s1. The summed E-state index contributed by atoms with van der Waals surface area (Å²) in [5, 5.41) is 10.7. The van der Waals surface area contributed by atoms with Crippen molar-refractivity contribution in [2.24, 2.45) is 0 Å². The molecule has 0 radical (unpaired) electrons. The van der Waals surface area contributed by atoms with Crippen LogP contribution in [0.25, 0.3) is 16.6 Å². The van der Waals surface area contributed by atoms with Crippen molar-refractivity contribution < 1.29 is 19.4 Å². The monoisotopic (exact) mass is 638 g/mol. The number of carboxylic acids is 1. The summed E-state index contributed by atoms with van der Waals surface area (Å²) in [7, 11) is 5.65. The summed E-state index contributed by atoms with van der Waals surface area (Å²) in [5.74, 6) is 0.280. The van der Waals surface area contributed by atoms with Gasteiger partial charge >= 0.3 is 5.97 Å². The van der Waals surface area contributed by atoms with E-state index in [-0.39, 0.29) is 22.9 Å². The zero-order valence-corrected chi connectivity index (χ0v) is 26.0. The number of hydrogen-bond donors (Lipinski definition) is 1. The summed E-state index contributed by atoms with van der Waals surface area (Å²) in [6, 6.07) is 9.28. The maximum absolute atomic E-state index is 13.3. The lowest BCUT2D eigenvalue weighted by molar-refractivity contribution is 0.0695. The number of halogens is 2. The number of carbonyl (C=O) groups is 1. The van der Waals surface area contributed by atoms with Crippen LogP contribution in [0.15, 0.2) is 53.7 Å². The Kier molecular flexibility index (Phi) is 8.28. The van der Waals surface area contributed by atoms with E-state index < -0.39 is 11.4 Å². The summed E-state index contributed by atoms with van der Waals surface area (Å²) >= 11 is 13.2. The minimum atomic E-state index is -1.31. The predicted octanol–water partition coefficient (Wildman–Crippen LogP) is 4.59. The number of nitrogens with zero attached hydrogens (tertiary/aromatic N) is 6. The molecule has 11 nitrogen and oxygen atoms in total. The molecule has 2 fully saturated rings. The number of pyridine rings is 3. The number of anilines is 2. The molecule has 1 N–H and O–H groups in total. The molecule has 0 amide bonds. The number of carboxylic acid groups (broad SMARTS) is 1. The molecule has 3 aromatic heterocycles. The smallest absolute Gasteiger partial charge is 0.341 e. The Morgan fingerprint density at radius 3 is 2.64 bits per heavy atom. The number of aromatic carboxylic acids is 1. The second-order valence-electron chi connectivity index (χ2n) is 11.2. The lowest BCUT2D eigenvalue weighted by Crippen LogP contribution is -2.57. The molecule has 13 heteroatoms. The third kappa shape index (κ3) is 5.51. The molecule has 0 unspecified atom stereocenters. The Hall–Kier alpha value is -4.06. The van der Waals surface area contributed by atoms with Gasteiger partial charge in [0.2, 0.25) is 11.3 Å². The van der Waals surface area contributed by atoms with E-state index in [0.29, 0.717) is 45.3 Å². The summed E-state index contributed by atoms with van der Waals surface area (Å²) in [5.41, 5.74) is 0.911. The summed E-state index contributed by atoms with van der Waals surface area (Å²) in [6.07, 6.45) is 6.37. The number of aromatic nitrogens is 3. The minimum Gasteiger partial charge on any atom is -0.495 e. The van der Waals surface area contributed by atoms with Gasteiger partial charge in [0, 0.05) is 49.5 Å². The largest absolute Gasteiger partial charge is 0.495 e. The van der Waals surface area contributed by atoms with Crippen LogP contribution in [-0.4, -0.2) is 90.0 Å². The van der Waals surface area contributed by atoms with Gasteiger partial charge in [-0.3, -0.25) is 4.79 Å². The molecule has 2 aliphatic heterocycles. The maximum Gasteiger partial charge on any atom is 0.341 e. The number of likely N-dealkylation sites (N-methyl/N-ethyl adjacent to an activating group) is 1. The van der Waals surface area contributed by atoms with Gasteiger partial charge in [0.25, 0.3) is 0 Å². The quantitative estimate of drug-likeness (QED) is 0.279. The van der Waals surface area contributed by atoms with Crippen LogP contribution in [0.3, 0.4) is 0 Å². The van der Waals surface area contributed by atoms with Crippen molar-refractivity contribution in [3.05, 3.63) is 74.8 Å². The molecular formula is C31H32Cl2N6O5. The molecule has 0 bridgehead atoms. The van der Waals surface area contributed by atoms with E-state index in [1.54, 1.807) is 29.1 Å². The zero-order valence-electron chi connectivity index (χ0n) is 24.5. The summed E-state index contributed by atoms with van der Waals surface area (Å²) in [4.78, 5) is 40.8. The number of hydrogen-bond acceptors (Lipinski definition) is 9. The molecule has 0 spiro atoms. The molecule has 2 aliphatic rings. The molecule has 44 heavy (non-hydrogen) atoms. The van der Waals surface area contributed by atoms with Crippen molar-refractivity contribution in [1.29, 1.82) is 0 Å². The summed E-state index contributed by atoms with van der Waals surface area (Å²) < 4.78 is 13.0. The van der Waals surface area contributed by atoms with Crippen LogP contribution < -0.4 is 24.7 Å². The number of benzene rings is 1. The zero-order chi connectivity index (χ0) is 31.1. The molecule has 230 valence electrons. The molecule has 1 aromatic carbocycles. The van der Waals surface area contributed by atoms with E-state index in [1.165, 1.54) is 13.3 Å². The van der Waals surface area contributed by atoms with Gasteiger partial charge in [0.15, 0.2) is 0 Å². The predicted molar refractivity (Wildman–Crippen MR) is 171 cm³/mol. The Morgan fingerprint density at radius 1 is 1.16 bits per heavy atom. The maximum atomic E-state index is 13.3. The first-order chi connectivity index (χ1) is 21.2. The fourth-order valence-electron chi connectivity index (χ4n) is 5.76. The van der Waals surface area contributed by atoms with Gasteiger partial charge < -0.3 is 33.8 Å². The number of methoxy groups -OCH3 is 1. The van der Waals surface area contributed by atoms with Crippen molar-refractivity contribution in [3.8, 4) is 17.3 Å². The van der Waals surface area contributed by atoms with Crippen molar-refractivity contribution in [3.63, 3.8) is 0 Å². The van der Waals surface area contributed by atoms with E-state index in [2.05, 4.69) is 38.8 Å². The van der Waals surface area contributed by atoms with Crippen LogP contribution in [0.5, 0.6) is 11.6 Å². The Bertz CT molecular complexity index is 1770. The first-order valence-corrected chi connectivity index (χ1v) is 15.0. The van der Waals surface area contributed by atoms with Crippen molar-refractivity contribution in [2.45, 2.75) is 24.9 Å². The highest BCUT2D eigenvalue weighted by Gasteiger charge is 2.30. The fourth-order valence-corrected chi connectivity index (χ4v) is 6.28. The van der Waals surface area contributed by atoms with Gasteiger partial charge in [-0.15, -0.1) is 0 Å². The van der Waals surface area contributed by atoms with Crippen LogP contribution in [0, 0.1) is 0 Å². The van der Waals surface area contributed by atoms with Crippen LogP contribution in [0.1, 0.15) is 23.2 Å². The number of ether oxygens (including phenoxy) is 2. The van der Waals surface area contributed by atoms with Crippen molar-refractivity contribution in [2.75, 3.05) is 57.2 Å². The fraction of sp³-hybridized carbons (Fsp3) is 0.355. The second kappa shape index (κ2) is 12.1. The number of fused-ring (bicyclic) bond motifs is 1. The third-order valence-corrected chi connectivity index (χ3v) is 9.02. The highest BCUT2D eigenvalue weighted by molar-refractivity contribution is 6.34. The average molecular weight is 640 g/mol. The van der Waals surface area contributed by atoms with E-state index >= 15 is 0 Å². The average Bonchev–Trinajstić information content (AvgIpc) is 3.44. The van der Waals surface area contributed by atoms with E-state index in [9.17, 15) is 14.7 Å². The first-order valence-electron chi connectivity index (χ1n) is 14.2. The van der Waals surface area contributed by atoms with Crippen LogP contribution in [0.4, 0.5) is 11.5 Å². The van der Waals surface area contributed by atoms with Crippen molar-refractivity contribution in [1.82, 2.24) is 19.4 Å². The van der Waals surface area contributed by atoms with Gasteiger partial charge in [-0.1, -0.05) is 23.2 Å². The first kappa shape index (κ1) is 30.0. The Labute approximate surface area is 264 Å². The highest BCUT2D eigenvalue weighted by Crippen LogP contribution is 2.37. The summed E-state index contributed by atoms with van der Waals surface area (Å²) in [6.45, 7) is 2.78. The molecule has 6 rings (SSSR count). The molecular weight excluding hydrogens is 607 g/mol. The molecule has 5 heterocycles. The van der Waals surface area contributed by atoms with Gasteiger partial charge in [0.05, 0.1) is 41.3 Å². The van der Waals surface area contributed by atoms with E-state index in [4.69, 9.17) is 32.7 Å². The normalized spacial score (nSPS) is 16.9. The Balaban J connectivity index is 1.35. The van der Waals surface area contributed by atoms with Crippen LogP contribution >= 0.6 is 23.2 Å². The van der Waals surface area contributed by atoms with E-state index in [1.807, 2.05) is 18.2 Å². The third-order valence-electron chi connectivity index (χ3n) is 8.37. The van der Waals surface area contributed by atoms with Crippen molar-refractivity contribution >= 4 is 51.6 Å². The molecule has 0 aliphatic carbocycles. The lowest BCUT2D eigenvalue weighted by Gasteiger charge is -2.43. The molecule has 4 aromatic rings. The van der Waals surface area contributed by atoms with Gasteiger partial charge in [-0.2, -0.15) is 0 Å². The highest BCUT2D eigenvalue weighted by atomic mass is 35.5. The van der Waals surface area contributed by atoms with Gasteiger partial charge in [-0.25, -0.2) is 14.8 Å². The molecule has 0 saturated carbocycles. The lowest BCUT2D eigenvalue weighted by atomic mass is 10.1. The van der Waals surface area contributed by atoms with Gasteiger partial charge in [-0.05, 0) is 51.2 Å².